The SMILES string of the molecule is O=C(N[C@@H]1CCOc2ccccc21)c1cc(-c2cccnc2)on1. The molecular formula is C18H15N3O3. The van der Waals surface area contributed by atoms with Gasteiger partial charge in [0.05, 0.1) is 12.6 Å². The Morgan fingerprint density at radius 2 is 2.12 bits per heavy atom. The minimum Gasteiger partial charge on any atom is -0.493 e. The van der Waals surface area contributed by atoms with Gasteiger partial charge in [-0.3, -0.25) is 9.78 Å². The van der Waals surface area contributed by atoms with Gasteiger partial charge in [0.25, 0.3) is 5.91 Å². The van der Waals surface area contributed by atoms with Gasteiger partial charge in [0.2, 0.25) is 0 Å². The second kappa shape index (κ2) is 6.16. The third-order valence-corrected chi connectivity index (χ3v) is 3.95. The van der Waals surface area contributed by atoms with Crippen LogP contribution >= 0.6 is 0 Å². The molecule has 3 aromatic rings. The summed E-state index contributed by atoms with van der Waals surface area (Å²) in [6, 6.07) is 12.9. The molecule has 0 saturated carbocycles. The van der Waals surface area contributed by atoms with E-state index in [9.17, 15) is 4.79 Å². The fourth-order valence-electron chi connectivity index (χ4n) is 2.75. The van der Waals surface area contributed by atoms with Crippen LogP contribution in [-0.2, 0) is 0 Å². The van der Waals surface area contributed by atoms with E-state index < -0.39 is 0 Å². The van der Waals surface area contributed by atoms with Gasteiger partial charge in [-0.25, -0.2) is 0 Å². The first kappa shape index (κ1) is 14.4. The summed E-state index contributed by atoms with van der Waals surface area (Å²) in [5, 5.41) is 6.87. The Balaban J connectivity index is 1.53. The maximum Gasteiger partial charge on any atom is 0.273 e. The summed E-state index contributed by atoms with van der Waals surface area (Å²) in [6.07, 6.45) is 4.06. The summed E-state index contributed by atoms with van der Waals surface area (Å²) in [7, 11) is 0. The van der Waals surface area contributed by atoms with Crippen molar-refractivity contribution < 1.29 is 14.1 Å². The van der Waals surface area contributed by atoms with E-state index in [2.05, 4.69) is 15.5 Å². The number of carbonyl (C=O) groups excluding carboxylic acids is 1. The Labute approximate surface area is 138 Å². The third kappa shape index (κ3) is 2.74. The molecule has 4 rings (SSSR count). The summed E-state index contributed by atoms with van der Waals surface area (Å²) >= 11 is 0. The second-order valence-corrected chi connectivity index (χ2v) is 5.52. The number of rotatable bonds is 3. The second-order valence-electron chi connectivity index (χ2n) is 5.52. The van der Waals surface area contributed by atoms with E-state index in [-0.39, 0.29) is 17.6 Å². The molecule has 0 radical (unpaired) electrons. The lowest BCUT2D eigenvalue weighted by molar-refractivity contribution is 0.0915. The van der Waals surface area contributed by atoms with E-state index in [1.54, 1.807) is 24.5 Å². The highest BCUT2D eigenvalue weighted by molar-refractivity contribution is 5.93. The van der Waals surface area contributed by atoms with E-state index in [1.807, 2.05) is 30.3 Å². The molecule has 0 fully saturated rings. The number of ether oxygens (including phenoxy) is 1. The number of hydrogen-bond donors (Lipinski definition) is 1. The average Bonchev–Trinajstić information content (AvgIpc) is 3.13. The lowest BCUT2D eigenvalue weighted by Gasteiger charge is -2.26. The van der Waals surface area contributed by atoms with Crippen LogP contribution in [-0.4, -0.2) is 22.7 Å². The molecule has 0 saturated heterocycles. The summed E-state index contributed by atoms with van der Waals surface area (Å²) in [4.78, 5) is 16.5. The first-order valence-electron chi connectivity index (χ1n) is 7.71. The molecule has 6 nitrogen and oxygen atoms in total. The molecule has 0 aliphatic carbocycles. The van der Waals surface area contributed by atoms with Gasteiger partial charge in [-0.2, -0.15) is 0 Å². The molecule has 1 aromatic carbocycles. The van der Waals surface area contributed by atoms with Gasteiger partial charge in [0.15, 0.2) is 11.5 Å². The molecule has 0 spiro atoms. The summed E-state index contributed by atoms with van der Waals surface area (Å²) in [5.41, 5.74) is 2.01. The average molecular weight is 321 g/mol. The van der Waals surface area contributed by atoms with Crippen molar-refractivity contribution in [2.24, 2.45) is 0 Å². The molecule has 2 aromatic heterocycles. The highest BCUT2D eigenvalue weighted by atomic mass is 16.5. The first-order chi connectivity index (χ1) is 11.8. The van der Waals surface area contributed by atoms with Crippen LogP contribution in [0.1, 0.15) is 28.5 Å². The maximum absolute atomic E-state index is 12.5. The fourth-order valence-corrected chi connectivity index (χ4v) is 2.75. The first-order valence-corrected chi connectivity index (χ1v) is 7.71. The summed E-state index contributed by atoms with van der Waals surface area (Å²) in [6.45, 7) is 0.571. The van der Waals surface area contributed by atoms with Crippen molar-refractivity contribution >= 4 is 5.91 Å². The smallest absolute Gasteiger partial charge is 0.273 e. The van der Waals surface area contributed by atoms with Gasteiger partial charge < -0.3 is 14.6 Å². The van der Waals surface area contributed by atoms with Gasteiger partial charge in [-0.15, -0.1) is 0 Å². The fraction of sp³-hybridized carbons (Fsp3) is 0.167. The van der Waals surface area contributed by atoms with Gasteiger partial charge in [0.1, 0.15) is 5.75 Å². The number of benzene rings is 1. The number of hydrogen-bond acceptors (Lipinski definition) is 5. The summed E-state index contributed by atoms with van der Waals surface area (Å²) < 4.78 is 10.9. The lowest BCUT2D eigenvalue weighted by atomic mass is 10.0. The minimum absolute atomic E-state index is 0.0963. The van der Waals surface area contributed by atoms with Crippen molar-refractivity contribution in [3.63, 3.8) is 0 Å². The van der Waals surface area contributed by atoms with Crippen LogP contribution in [0.2, 0.25) is 0 Å². The Morgan fingerprint density at radius 1 is 1.21 bits per heavy atom. The number of nitrogens with zero attached hydrogens (tertiary/aromatic N) is 2. The highest BCUT2D eigenvalue weighted by Crippen LogP contribution is 2.31. The Bertz CT molecular complexity index is 861. The molecule has 0 unspecified atom stereocenters. The van der Waals surface area contributed by atoms with Crippen LogP contribution in [0.5, 0.6) is 5.75 Å². The molecule has 6 heteroatoms. The van der Waals surface area contributed by atoms with Crippen molar-refractivity contribution in [1.82, 2.24) is 15.5 Å². The minimum atomic E-state index is -0.268. The molecule has 24 heavy (non-hydrogen) atoms. The molecule has 3 heterocycles. The number of para-hydroxylation sites is 1. The Kier molecular flexibility index (Phi) is 3.70. The van der Waals surface area contributed by atoms with Crippen molar-refractivity contribution in [3.05, 3.63) is 66.1 Å². The van der Waals surface area contributed by atoms with Crippen LogP contribution < -0.4 is 10.1 Å². The highest BCUT2D eigenvalue weighted by Gasteiger charge is 2.24. The largest absolute Gasteiger partial charge is 0.493 e. The number of amides is 1. The van der Waals surface area contributed by atoms with E-state index in [0.717, 1.165) is 23.3 Å². The Hall–Kier alpha value is -3.15. The molecule has 1 aliphatic heterocycles. The zero-order valence-electron chi connectivity index (χ0n) is 12.8. The molecule has 1 N–H and O–H groups in total. The van der Waals surface area contributed by atoms with Crippen molar-refractivity contribution in [2.45, 2.75) is 12.5 Å². The monoisotopic (exact) mass is 321 g/mol. The maximum atomic E-state index is 12.5. The predicted molar refractivity (Wildman–Crippen MR) is 86.5 cm³/mol. The number of fused-ring (bicyclic) bond motifs is 1. The molecular weight excluding hydrogens is 306 g/mol. The van der Waals surface area contributed by atoms with E-state index in [4.69, 9.17) is 9.26 Å². The Morgan fingerprint density at radius 3 is 3.00 bits per heavy atom. The van der Waals surface area contributed by atoms with Gasteiger partial charge in [-0.1, -0.05) is 23.4 Å². The van der Waals surface area contributed by atoms with Gasteiger partial charge in [-0.05, 0) is 18.2 Å². The van der Waals surface area contributed by atoms with Crippen molar-refractivity contribution in [1.29, 1.82) is 0 Å². The van der Waals surface area contributed by atoms with Crippen LogP contribution in [0.4, 0.5) is 0 Å². The zero-order chi connectivity index (χ0) is 16.4. The van der Waals surface area contributed by atoms with E-state index >= 15 is 0 Å². The van der Waals surface area contributed by atoms with E-state index in [0.29, 0.717) is 12.4 Å². The number of carbonyl (C=O) groups is 1. The third-order valence-electron chi connectivity index (χ3n) is 3.95. The number of nitrogens with one attached hydrogen (secondary N) is 1. The van der Waals surface area contributed by atoms with Crippen LogP contribution in [0.25, 0.3) is 11.3 Å². The predicted octanol–water partition coefficient (Wildman–Crippen LogP) is 2.99. The van der Waals surface area contributed by atoms with Crippen molar-refractivity contribution in [3.8, 4) is 17.1 Å². The molecule has 1 aliphatic rings. The summed E-state index contributed by atoms with van der Waals surface area (Å²) in [5.74, 6) is 1.06. The van der Waals surface area contributed by atoms with Gasteiger partial charge in [0, 0.05) is 36.0 Å². The van der Waals surface area contributed by atoms with Crippen LogP contribution in [0, 0.1) is 0 Å². The van der Waals surface area contributed by atoms with Crippen LogP contribution in [0.3, 0.4) is 0 Å². The molecule has 1 atom stereocenters. The van der Waals surface area contributed by atoms with Crippen LogP contribution in [0.15, 0.2) is 59.4 Å². The zero-order valence-corrected chi connectivity index (χ0v) is 12.8. The van der Waals surface area contributed by atoms with Crippen molar-refractivity contribution in [2.75, 3.05) is 6.61 Å². The van der Waals surface area contributed by atoms with Gasteiger partial charge >= 0.3 is 0 Å². The lowest BCUT2D eigenvalue weighted by Crippen LogP contribution is -2.32. The number of pyridine rings is 1. The quantitative estimate of drug-likeness (QED) is 0.802. The normalized spacial score (nSPS) is 16.1. The standard InChI is InChI=1S/C18H15N3O3/c22-18(15-10-17(24-21-15)12-4-3-8-19-11-12)20-14-7-9-23-16-6-2-1-5-13(14)16/h1-6,8,10-11,14H,7,9H2,(H,20,22)/t14-/m1/s1. The topological polar surface area (TPSA) is 77.2 Å². The molecule has 120 valence electrons. The molecule has 1 amide bonds. The number of aromatic nitrogens is 2. The molecule has 0 bridgehead atoms. The van der Waals surface area contributed by atoms with E-state index in [1.165, 1.54) is 0 Å².